The van der Waals surface area contributed by atoms with Gasteiger partial charge in [0.15, 0.2) is 0 Å². The lowest BCUT2D eigenvalue weighted by Gasteiger charge is -2.36. The van der Waals surface area contributed by atoms with Crippen LogP contribution in [0.3, 0.4) is 0 Å². The summed E-state index contributed by atoms with van der Waals surface area (Å²) in [5.74, 6) is 0.701. The highest BCUT2D eigenvalue weighted by Crippen LogP contribution is 2.57. The number of thioether (sulfide) groups is 1. The van der Waals surface area contributed by atoms with Crippen molar-refractivity contribution in [3.8, 4) is 5.75 Å². The number of amides is 1. The van der Waals surface area contributed by atoms with E-state index in [1.807, 2.05) is 78.8 Å². The van der Waals surface area contributed by atoms with Crippen LogP contribution in [0.25, 0.3) is 0 Å². The van der Waals surface area contributed by atoms with E-state index in [4.69, 9.17) is 21.2 Å². The molecular formula is C20H26N3O3PS3. The predicted molar refractivity (Wildman–Crippen MR) is 134 cm³/mol. The second-order valence-electron chi connectivity index (χ2n) is 6.17. The zero-order valence-corrected chi connectivity index (χ0v) is 21.0. The van der Waals surface area contributed by atoms with Gasteiger partial charge in [0.2, 0.25) is 6.42 Å². The molecule has 2 aromatic rings. The number of oxime groups is 1. The zero-order chi connectivity index (χ0) is 22.1. The third kappa shape index (κ3) is 6.67. The highest BCUT2D eigenvalue weighted by Gasteiger charge is 2.32. The molecule has 0 aromatic heterocycles. The van der Waals surface area contributed by atoms with E-state index < -0.39 is 12.5 Å². The maximum Gasteiger partial charge on any atom is 0.447 e. The topological polar surface area (TPSA) is 54.4 Å². The summed E-state index contributed by atoms with van der Waals surface area (Å²) in [7, 11) is 1.63. The average molecular weight is 484 g/mol. The third-order valence-electron chi connectivity index (χ3n) is 3.99. The molecule has 0 fully saturated rings. The Balaban J connectivity index is 2.36. The number of hydrogen-bond acceptors (Lipinski definition) is 7. The molecule has 6 nitrogen and oxygen atoms in total. The molecule has 0 aliphatic heterocycles. The van der Waals surface area contributed by atoms with Gasteiger partial charge in [-0.25, -0.2) is 13.2 Å². The van der Waals surface area contributed by atoms with Crippen LogP contribution in [0.2, 0.25) is 0 Å². The first kappa shape index (κ1) is 24.6. The van der Waals surface area contributed by atoms with Gasteiger partial charge >= 0.3 is 6.09 Å². The van der Waals surface area contributed by atoms with Crippen LogP contribution in [0.5, 0.6) is 5.75 Å². The van der Waals surface area contributed by atoms with E-state index in [-0.39, 0.29) is 0 Å². The van der Waals surface area contributed by atoms with E-state index in [1.165, 1.54) is 28.2 Å². The third-order valence-corrected chi connectivity index (χ3v) is 10.3. The van der Waals surface area contributed by atoms with E-state index >= 15 is 0 Å². The molecule has 0 bridgehead atoms. The summed E-state index contributed by atoms with van der Waals surface area (Å²) in [6.45, 7) is 5.78. The van der Waals surface area contributed by atoms with Crippen LogP contribution in [-0.2, 0) is 16.6 Å². The Labute approximate surface area is 192 Å². The van der Waals surface area contributed by atoms with Crippen molar-refractivity contribution in [2.45, 2.75) is 20.8 Å². The largest absolute Gasteiger partial charge is 0.448 e. The molecule has 0 spiro atoms. The fraction of sp³-hybridized carbons (Fsp3) is 0.300. The molecule has 1 amide bonds. The van der Waals surface area contributed by atoms with Gasteiger partial charge in [-0.05, 0) is 55.7 Å². The summed E-state index contributed by atoms with van der Waals surface area (Å²) >= 11 is 8.63. The minimum absolute atomic E-state index is 0.593. The molecular weight excluding hydrogens is 457 g/mol. The number of anilines is 1. The van der Waals surface area contributed by atoms with Crippen molar-refractivity contribution in [1.29, 1.82) is 0 Å². The molecule has 162 valence electrons. The second kappa shape index (κ2) is 11.6. The van der Waals surface area contributed by atoms with Crippen LogP contribution in [0.4, 0.5) is 10.5 Å². The van der Waals surface area contributed by atoms with Gasteiger partial charge in [0.1, 0.15) is 10.8 Å². The van der Waals surface area contributed by atoms with Gasteiger partial charge in [0.25, 0.3) is 0 Å². The lowest BCUT2D eigenvalue weighted by molar-refractivity contribution is 0.137. The summed E-state index contributed by atoms with van der Waals surface area (Å²) in [4.78, 5) is 17.5. The van der Waals surface area contributed by atoms with E-state index in [2.05, 4.69) is 5.16 Å². The number of hydrogen-bond donors (Lipinski definition) is 0. The molecule has 0 heterocycles. The summed E-state index contributed by atoms with van der Waals surface area (Å²) < 4.78 is 9.64. The Hall–Kier alpha value is -1.67. The van der Waals surface area contributed by atoms with Gasteiger partial charge in [-0.15, -0.1) is 11.8 Å². The van der Waals surface area contributed by atoms with E-state index in [1.54, 1.807) is 14.0 Å². The Kier molecular flexibility index (Phi) is 9.55. The number of carbonyl (C=O) groups is 1. The van der Waals surface area contributed by atoms with Gasteiger partial charge in [0.05, 0.1) is 17.8 Å². The first-order valence-corrected chi connectivity index (χ1v) is 14.0. The van der Waals surface area contributed by atoms with Gasteiger partial charge in [-0.3, -0.25) is 4.84 Å². The van der Waals surface area contributed by atoms with Crippen molar-refractivity contribution in [2.75, 3.05) is 23.5 Å². The number of para-hydroxylation sites is 2. The molecule has 2 aromatic carbocycles. The van der Waals surface area contributed by atoms with Crippen LogP contribution < -0.4 is 8.60 Å². The molecule has 30 heavy (non-hydrogen) atoms. The fourth-order valence-corrected chi connectivity index (χ4v) is 6.48. The molecule has 10 heteroatoms. The van der Waals surface area contributed by atoms with Gasteiger partial charge in [-0.2, -0.15) is 0 Å². The quantitative estimate of drug-likeness (QED) is 0.106. The minimum Gasteiger partial charge on any atom is -0.448 e. The van der Waals surface area contributed by atoms with E-state index in [0.717, 1.165) is 11.3 Å². The van der Waals surface area contributed by atoms with Gasteiger partial charge in [-0.1, -0.05) is 48.5 Å². The van der Waals surface area contributed by atoms with Crippen molar-refractivity contribution in [3.05, 3.63) is 60.2 Å². The standard InChI is InChI=1S/C20H26N3O3PS3/c1-6-27(28,26-18-13-8-7-9-14-18)23(19-15-11-10-12-16(19)2)30-22(4)20(24)25-21-17(3)29-5/h7-15H,6H2,1-5H3. The summed E-state index contributed by atoms with van der Waals surface area (Å²) in [5.41, 5.74) is 1.93. The van der Waals surface area contributed by atoms with Crippen LogP contribution in [0.15, 0.2) is 59.8 Å². The Morgan fingerprint density at radius 3 is 2.40 bits per heavy atom. The number of aryl methyl sites for hydroxylation is 1. The molecule has 0 radical (unpaired) electrons. The normalized spacial score (nSPS) is 13.3. The molecule has 0 saturated heterocycles. The molecule has 0 N–H and O–H groups in total. The Morgan fingerprint density at radius 2 is 1.80 bits per heavy atom. The Bertz CT molecular complexity index is 928. The van der Waals surface area contributed by atoms with Gasteiger partial charge < -0.3 is 4.52 Å². The smallest absolute Gasteiger partial charge is 0.447 e. The lowest BCUT2D eigenvalue weighted by Crippen LogP contribution is -2.27. The van der Waals surface area contributed by atoms with Crippen LogP contribution >= 0.6 is 30.3 Å². The monoisotopic (exact) mass is 483 g/mol. The molecule has 0 aliphatic rings. The highest BCUT2D eigenvalue weighted by molar-refractivity contribution is 8.21. The maximum atomic E-state index is 12.5. The van der Waals surface area contributed by atoms with E-state index in [9.17, 15) is 4.79 Å². The molecule has 0 saturated carbocycles. The number of rotatable bonds is 8. The molecule has 0 aliphatic carbocycles. The van der Waals surface area contributed by atoms with Crippen molar-refractivity contribution < 1.29 is 14.2 Å². The first-order valence-electron chi connectivity index (χ1n) is 9.22. The zero-order valence-electron chi connectivity index (χ0n) is 17.6. The number of carbonyl (C=O) groups excluding carboxylic acids is 1. The van der Waals surface area contributed by atoms with Crippen LogP contribution in [0, 0.1) is 6.92 Å². The molecule has 2 rings (SSSR count). The molecule has 1 unspecified atom stereocenters. The Morgan fingerprint density at radius 1 is 1.17 bits per heavy atom. The van der Waals surface area contributed by atoms with E-state index in [0.29, 0.717) is 17.0 Å². The fourth-order valence-electron chi connectivity index (χ4n) is 2.27. The number of benzene rings is 2. The maximum absolute atomic E-state index is 12.5. The molecule has 1 atom stereocenters. The van der Waals surface area contributed by atoms with Crippen molar-refractivity contribution in [1.82, 2.24) is 4.31 Å². The predicted octanol–water partition coefficient (Wildman–Crippen LogP) is 6.54. The average Bonchev–Trinajstić information content (AvgIpc) is 2.76. The summed E-state index contributed by atoms with van der Waals surface area (Å²) in [5, 5.41) is 4.48. The summed E-state index contributed by atoms with van der Waals surface area (Å²) in [6.07, 6.45) is -0.705. The summed E-state index contributed by atoms with van der Waals surface area (Å²) in [6, 6.07) is 17.4. The van der Waals surface area contributed by atoms with Crippen LogP contribution in [0.1, 0.15) is 19.4 Å². The van der Waals surface area contributed by atoms with Gasteiger partial charge in [0, 0.05) is 13.2 Å². The van der Waals surface area contributed by atoms with Crippen molar-refractivity contribution in [2.24, 2.45) is 5.16 Å². The van der Waals surface area contributed by atoms with Crippen molar-refractivity contribution >= 4 is 58.9 Å². The van der Waals surface area contributed by atoms with Crippen LogP contribution in [-0.4, -0.2) is 34.9 Å². The SMILES string of the molecule is CCP(=S)(Oc1ccccc1)N(SN(C)C(=O)ON=C(C)SC)c1ccccc1C. The highest BCUT2D eigenvalue weighted by atomic mass is 32.5. The lowest BCUT2D eigenvalue weighted by atomic mass is 10.2. The minimum atomic E-state index is -2.58. The second-order valence-corrected chi connectivity index (χ2v) is 12.7. The van der Waals surface area contributed by atoms with Crippen molar-refractivity contribution in [3.63, 3.8) is 0 Å². The first-order chi connectivity index (χ1) is 14.3. The number of nitrogens with zero attached hydrogens (tertiary/aromatic N) is 3.